The summed E-state index contributed by atoms with van der Waals surface area (Å²) in [6.45, 7) is 0. The van der Waals surface area contributed by atoms with Crippen LogP contribution in [0.15, 0.2) is 45.9 Å². The largest absolute Gasteiger partial charge is 0.384 e. The minimum absolute atomic E-state index is 0.0292. The van der Waals surface area contributed by atoms with Crippen LogP contribution in [0, 0.1) is 11.3 Å². The molecule has 0 saturated carbocycles. The van der Waals surface area contributed by atoms with E-state index in [4.69, 9.17) is 11.0 Å². The van der Waals surface area contributed by atoms with Crippen LogP contribution in [0.5, 0.6) is 0 Å². The van der Waals surface area contributed by atoms with Crippen LogP contribution in [0.1, 0.15) is 5.56 Å². The number of sulfonamides is 1. The molecule has 0 unspecified atom stereocenters. The first-order valence-electron chi connectivity index (χ1n) is 5.36. The van der Waals surface area contributed by atoms with Crippen LogP contribution in [0.3, 0.4) is 0 Å². The molecule has 0 spiro atoms. The Kier molecular flexibility index (Phi) is 3.92. The summed E-state index contributed by atoms with van der Waals surface area (Å²) >= 11 is 3.22. The Hall–Kier alpha value is -2.11. The zero-order valence-electron chi connectivity index (χ0n) is 10.0. The Morgan fingerprint density at radius 2 is 2.05 bits per heavy atom. The summed E-state index contributed by atoms with van der Waals surface area (Å²) in [5.74, 6) is 0.227. The van der Waals surface area contributed by atoms with Gasteiger partial charge >= 0.3 is 0 Å². The van der Waals surface area contributed by atoms with E-state index in [1.54, 1.807) is 6.07 Å². The van der Waals surface area contributed by atoms with Crippen molar-refractivity contribution in [2.24, 2.45) is 0 Å². The Labute approximate surface area is 124 Å². The average molecular weight is 353 g/mol. The monoisotopic (exact) mass is 352 g/mol. The molecule has 6 nitrogen and oxygen atoms in total. The summed E-state index contributed by atoms with van der Waals surface area (Å²) in [6, 6.07) is 9.33. The molecular formula is C12H9BrN4O2S. The fourth-order valence-corrected chi connectivity index (χ4v) is 2.84. The summed E-state index contributed by atoms with van der Waals surface area (Å²) in [7, 11) is -3.81. The third-order valence-electron chi connectivity index (χ3n) is 2.42. The Bertz CT molecular complexity index is 782. The van der Waals surface area contributed by atoms with Gasteiger partial charge in [-0.3, -0.25) is 4.72 Å². The molecule has 3 N–H and O–H groups in total. The van der Waals surface area contributed by atoms with Gasteiger partial charge in [-0.15, -0.1) is 0 Å². The van der Waals surface area contributed by atoms with Gasteiger partial charge in [-0.05, 0) is 30.3 Å². The van der Waals surface area contributed by atoms with Gasteiger partial charge in [0.15, 0.2) is 0 Å². The smallest absolute Gasteiger partial charge is 0.263 e. The SMILES string of the molecule is N#Cc1cc(Br)ccc1NS(=O)(=O)c1ccc(N)nc1. The molecule has 2 aromatic rings. The van der Waals surface area contributed by atoms with Crippen molar-refractivity contribution < 1.29 is 8.42 Å². The molecular weight excluding hydrogens is 344 g/mol. The molecule has 0 aliphatic heterocycles. The number of nitriles is 1. The Morgan fingerprint density at radius 3 is 2.65 bits per heavy atom. The van der Waals surface area contributed by atoms with Crippen LogP contribution in [-0.4, -0.2) is 13.4 Å². The third-order valence-corrected chi connectivity index (χ3v) is 4.26. The molecule has 0 atom stereocenters. The molecule has 0 aliphatic carbocycles. The van der Waals surface area contributed by atoms with Crippen molar-refractivity contribution in [3.05, 3.63) is 46.6 Å². The Balaban J connectivity index is 2.39. The number of nitrogens with one attached hydrogen (secondary N) is 1. The van der Waals surface area contributed by atoms with Gasteiger partial charge in [0.2, 0.25) is 0 Å². The second-order valence-corrected chi connectivity index (χ2v) is 6.42. The molecule has 0 aliphatic rings. The number of benzene rings is 1. The van der Waals surface area contributed by atoms with Crippen LogP contribution < -0.4 is 10.5 Å². The van der Waals surface area contributed by atoms with Crippen molar-refractivity contribution in [1.29, 1.82) is 5.26 Å². The van der Waals surface area contributed by atoms with Crippen molar-refractivity contribution in [2.75, 3.05) is 10.5 Å². The third kappa shape index (κ3) is 3.07. The lowest BCUT2D eigenvalue weighted by Crippen LogP contribution is -2.14. The van der Waals surface area contributed by atoms with Crippen LogP contribution in [0.25, 0.3) is 0 Å². The zero-order chi connectivity index (χ0) is 14.8. The molecule has 20 heavy (non-hydrogen) atoms. The van der Waals surface area contributed by atoms with E-state index in [1.165, 1.54) is 24.3 Å². The topological polar surface area (TPSA) is 109 Å². The Morgan fingerprint density at radius 1 is 1.30 bits per heavy atom. The number of nitrogens with zero attached hydrogens (tertiary/aromatic N) is 2. The van der Waals surface area contributed by atoms with Crippen molar-refractivity contribution in [2.45, 2.75) is 4.90 Å². The number of nitrogens with two attached hydrogens (primary N) is 1. The van der Waals surface area contributed by atoms with E-state index in [2.05, 4.69) is 25.6 Å². The fraction of sp³-hybridized carbons (Fsp3) is 0. The predicted molar refractivity (Wildman–Crippen MR) is 78.3 cm³/mol. The van der Waals surface area contributed by atoms with Gasteiger partial charge in [-0.2, -0.15) is 5.26 Å². The number of aromatic nitrogens is 1. The fourth-order valence-electron chi connectivity index (χ4n) is 1.45. The van der Waals surface area contributed by atoms with Crippen molar-refractivity contribution >= 4 is 37.5 Å². The highest BCUT2D eigenvalue weighted by molar-refractivity contribution is 9.10. The quantitative estimate of drug-likeness (QED) is 0.878. The molecule has 102 valence electrons. The molecule has 1 heterocycles. The molecule has 0 amide bonds. The van der Waals surface area contributed by atoms with Crippen molar-refractivity contribution in [1.82, 2.24) is 4.98 Å². The second-order valence-electron chi connectivity index (χ2n) is 3.83. The minimum atomic E-state index is -3.81. The maximum Gasteiger partial charge on any atom is 0.263 e. The summed E-state index contributed by atoms with van der Waals surface area (Å²) in [4.78, 5) is 3.70. The highest BCUT2D eigenvalue weighted by Gasteiger charge is 2.16. The van der Waals surface area contributed by atoms with E-state index < -0.39 is 10.0 Å². The number of hydrogen-bond donors (Lipinski definition) is 2. The summed E-state index contributed by atoms with van der Waals surface area (Å²) < 4.78 is 27.3. The lowest BCUT2D eigenvalue weighted by atomic mass is 10.2. The van der Waals surface area contributed by atoms with Crippen LogP contribution >= 0.6 is 15.9 Å². The van der Waals surface area contributed by atoms with E-state index in [1.807, 2.05) is 6.07 Å². The minimum Gasteiger partial charge on any atom is -0.384 e. The molecule has 8 heteroatoms. The van der Waals surface area contributed by atoms with Gasteiger partial charge in [0.05, 0.1) is 11.3 Å². The number of anilines is 2. The van der Waals surface area contributed by atoms with Gasteiger partial charge in [-0.1, -0.05) is 15.9 Å². The lowest BCUT2D eigenvalue weighted by molar-refractivity contribution is 0.601. The normalized spacial score (nSPS) is 10.8. The molecule has 0 fully saturated rings. The number of halogens is 1. The van der Waals surface area contributed by atoms with Crippen molar-refractivity contribution in [3.8, 4) is 6.07 Å². The molecule has 1 aromatic carbocycles. The van der Waals surface area contributed by atoms with E-state index in [0.717, 1.165) is 6.20 Å². The molecule has 0 saturated heterocycles. The second kappa shape index (κ2) is 5.48. The summed E-state index contributed by atoms with van der Waals surface area (Å²) in [5, 5.41) is 9.01. The van der Waals surface area contributed by atoms with E-state index in [9.17, 15) is 8.42 Å². The average Bonchev–Trinajstić information content (AvgIpc) is 2.41. The molecule has 2 rings (SSSR count). The number of pyridine rings is 1. The molecule has 0 bridgehead atoms. The van der Waals surface area contributed by atoms with Crippen LogP contribution in [0.4, 0.5) is 11.5 Å². The number of rotatable bonds is 3. The van der Waals surface area contributed by atoms with Crippen molar-refractivity contribution in [3.63, 3.8) is 0 Å². The highest BCUT2D eigenvalue weighted by atomic mass is 79.9. The standard InChI is InChI=1S/C12H9BrN4O2S/c13-9-1-3-11(8(5-9)6-14)17-20(18,19)10-2-4-12(15)16-7-10/h1-5,7,17H,(H2,15,16). The first kappa shape index (κ1) is 14.3. The predicted octanol–water partition coefficient (Wildman–Crippen LogP) is 2.10. The first-order chi connectivity index (χ1) is 9.42. The highest BCUT2D eigenvalue weighted by Crippen LogP contribution is 2.23. The maximum absolute atomic E-state index is 12.2. The lowest BCUT2D eigenvalue weighted by Gasteiger charge is -2.09. The zero-order valence-corrected chi connectivity index (χ0v) is 12.4. The van der Waals surface area contributed by atoms with Gasteiger partial charge in [0.1, 0.15) is 16.8 Å². The van der Waals surface area contributed by atoms with E-state index in [-0.39, 0.29) is 22.0 Å². The van der Waals surface area contributed by atoms with E-state index >= 15 is 0 Å². The molecule has 1 aromatic heterocycles. The number of nitrogen functional groups attached to an aromatic ring is 1. The first-order valence-corrected chi connectivity index (χ1v) is 7.64. The van der Waals surface area contributed by atoms with E-state index in [0.29, 0.717) is 4.47 Å². The van der Waals surface area contributed by atoms with Gasteiger partial charge in [0, 0.05) is 10.7 Å². The van der Waals surface area contributed by atoms with Crippen LogP contribution in [-0.2, 0) is 10.0 Å². The van der Waals surface area contributed by atoms with Gasteiger partial charge in [0.25, 0.3) is 10.0 Å². The van der Waals surface area contributed by atoms with Gasteiger partial charge < -0.3 is 5.73 Å². The summed E-state index contributed by atoms with van der Waals surface area (Å²) in [6.07, 6.45) is 1.16. The van der Waals surface area contributed by atoms with Crippen LogP contribution in [0.2, 0.25) is 0 Å². The van der Waals surface area contributed by atoms with Gasteiger partial charge in [-0.25, -0.2) is 13.4 Å². The number of hydrogen-bond acceptors (Lipinski definition) is 5. The molecule has 0 radical (unpaired) electrons. The maximum atomic E-state index is 12.2. The summed E-state index contributed by atoms with van der Waals surface area (Å²) in [5.41, 5.74) is 5.83.